The molecule has 1 aliphatic rings. The molecule has 1 heterocycles. The molecule has 1 aliphatic heterocycles. The molecule has 0 aliphatic carbocycles. The van der Waals surface area contributed by atoms with E-state index in [1.807, 2.05) is 12.1 Å². The Kier molecular flexibility index (Phi) is 7.63. The van der Waals surface area contributed by atoms with Crippen LogP contribution in [0.4, 0.5) is 14.9 Å². The first kappa shape index (κ1) is 24.0. The summed E-state index contributed by atoms with van der Waals surface area (Å²) in [5, 5.41) is 2.18. The summed E-state index contributed by atoms with van der Waals surface area (Å²) in [5.74, 6) is -0.729. The van der Waals surface area contributed by atoms with Crippen molar-refractivity contribution in [3.05, 3.63) is 98.2 Å². The monoisotopic (exact) mass is 588 g/mol. The van der Waals surface area contributed by atoms with Gasteiger partial charge in [0.15, 0.2) is 0 Å². The Hall–Kier alpha value is -3.18. The van der Waals surface area contributed by atoms with E-state index in [0.717, 1.165) is 25.8 Å². The zero-order chi connectivity index (χ0) is 24.1. The van der Waals surface area contributed by atoms with Crippen LogP contribution in [0.15, 0.2) is 77.7 Å². The number of imide groups is 1. The number of nitrogens with zero attached hydrogens (tertiary/aromatic N) is 1. The number of nitrogens with one attached hydrogen (secondary N) is 1. The van der Waals surface area contributed by atoms with Gasteiger partial charge < -0.3 is 10.1 Å². The molecule has 1 saturated heterocycles. The first-order valence-corrected chi connectivity index (χ1v) is 12.0. The van der Waals surface area contributed by atoms with Crippen LogP contribution in [0, 0.1) is 9.39 Å². The van der Waals surface area contributed by atoms with Crippen molar-refractivity contribution in [2.24, 2.45) is 0 Å². The van der Waals surface area contributed by atoms with Crippen molar-refractivity contribution >= 4 is 63.2 Å². The second-order valence-corrected chi connectivity index (χ2v) is 9.55. The topological polar surface area (TPSA) is 75.7 Å². The minimum atomic E-state index is -0.523. The molecule has 6 nitrogen and oxygen atoms in total. The highest BCUT2D eigenvalue weighted by atomic mass is 127. The Labute approximate surface area is 213 Å². The first-order chi connectivity index (χ1) is 16.4. The van der Waals surface area contributed by atoms with Crippen molar-refractivity contribution < 1.29 is 23.5 Å². The maximum atomic E-state index is 13.0. The highest BCUT2D eigenvalue weighted by molar-refractivity contribution is 14.1. The van der Waals surface area contributed by atoms with Gasteiger partial charge in [-0.05, 0) is 100 Å². The molecule has 172 valence electrons. The molecule has 9 heteroatoms. The van der Waals surface area contributed by atoms with Gasteiger partial charge in [0.25, 0.3) is 11.1 Å². The highest BCUT2D eigenvalue weighted by Gasteiger charge is 2.36. The van der Waals surface area contributed by atoms with E-state index in [2.05, 4.69) is 27.9 Å². The van der Waals surface area contributed by atoms with Gasteiger partial charge in [0.1, 0.15) is 24.7 Å². The quantitative estimate of drug-likeness (QED) is 0.284. The maximum absolute atomic E-state index is 13.0. The predicted octanol–water partition coefficient (Wildman–Crippen LogP) is 5.68. The summed E-state index contributed by atoms with van der Waals surface area (Å²) in [6.45, 7) is -0.106. The molecule has 0 aromatic heterocycles. The third-order valence-electron chi connectivity index (χ3n) is 4.78. The van der Waals surface area contributed by atoms with Crippen LogP contribution >= 0.6 is 34.4 Å². The first-order valence-electron chi connectivity index (χ1n) is 10.2. The second-order valence-electron chi connectivity index (χ2n) is 7.31. The van der Waals surface area contributed by atoms with Crippen LogP contribution in [0.1, 0.15) is 11.1 Å². The number of carbonyl (C=O) groups is 3. The molecule has 0 saturated carbocycles. The zero-order valence-corrected chi connectivity index (χ0v) is 20.6. The van der Waals surface area contributed by atoms with E-state index in [-0.39, 0.29) is 23.9 Å². The summed E-state index contributed by atoms with van der Waals surface area (Å²) in [7, 11) is 0. The van der Waals surface area contributed by atoms with E-state index in [9.17, 15) is 18.8 Å². The molecule has 0 unspecified atom stereocenters. The molecule has 3 amide bonds. The van der Waals surface area contributed by atoms with Gasteiger partial charge in [-0.15, -0.1) is 0 Å². The average Bonchev–Trinajstić information content (AvgIpc) is 3.08. The molecular formula is C25H18FIN2O4S. The molecule has 34 heavy (non-hydrogen) atoms. The fourth-order valence-corrected chi connectivity index (χ4v) is 4.30. The number of halogens is 2. The lowest BCUT2D eigenvalue weighted by molar-refractivity contribution is -0.127. The van der Waals surface area contributed by atoms with Crippen molar-refractivity contribution in [1.82, 2.24) is 4.90 Å². The molecule has 0 spiro atoms. The van der Waals surface area contributed by atoms with Crippen LogP contribution in [-0.2, 0) is 16.2 Å². The Balaban J connectivity index is 1.39. The van der Waals surface area contributed by atoms with Crippen molar-refractivity contribution in [3.8, 4) is 5.75 Å². The van der Waals surface area contributed by atoms with Crippen molar-refractivity contribution in [3.63, 3.8) is 0 Å². The summed E-state index contributed by atoms with van der Waals surface area (Å²) >= 11 is 2.94. The van der Waals surface area contributed by atoms with Crippen LogP contribution in [0.2, 0.25) is 0 Å². The molecule has 3 aromatic carbocycles. The van der Waals surface area contributed by atoms with E-state index in [4.69, 9.17) is 4.74 Å². The lowest BCUT2D eigenvalue weighted by atomic mass is 10.2. The van der Waals surface area contributed by atoms with E-state index in [1.165, 1.54) is 12.1 Å². The summed E-state index contributed by atoms with van der Waals surface area (Å²) < 4.78 is 19.8. The van der Waals surface area contributed by atoms with Gasteiger partial charge in [-0.1, -0.05) is 24.3 Å². The number of ether oxygens (including phenoxy) is 1. The van der Waals surface area contributed by atoms with Crippen LogP contribution in [0.5, 0.6) is 5.75 Å². The molecule has 1 N–H and O–H groups in total. The number of hydrogen-bond acceptors (Lipinski definition) is 5. The van der Waals surface area contributed by atoms with Crippen molar-refractivity contribution in [2.75, 3.05) is 11.9 Å². The third kappa shape index (κ3) is 6.23. The largest absolute Gasteiger partial charge is 0.489 e. The van der Waals surface area contributed by atoms with Gasteiger partial charge in [-0.3, -0.25) is 19.3 Å². The number of anilines is 1. The van der Waals surface area contributed by atoms with Gasteiger partial charge >= 0.3 is 0 Å². The van der Waals surface area contributed by atoms with Crippen molar-refractivity contribution in [2.45, 2.75) is 6.61 Å². The SMILES string of the molecule is O=C(CN1C(=O)S/C(=C/c2cccc(OCc3ccc(F)cc3)c2)C1=O)Nc1ccc(I)cc1. The molecular weight excluding hydrogens is 570 g/mol. The fraction of sp³-hybridized carbons (Fsp3) is 0.0800. The second kappa shape index (κ2) is 10.8. The number of thioether (sulfide) groups is 1. The standard InChI is InChI=1S/C25H18FIN2O4S/c26-18-6-4-16(5-7-18)15-33-21-3-1-2-17(12-21)13-22-24(31)29(25(32)34-22)14-23(30)28-20-10-8-19(27)9-11-20/h1-13H,14-15H2,(H,28,30)/b22-13+. The Morgan fingerprint density at radius 3 is 2.53 bits per heavy atom. The zero-order valence-electron chi connectivity index (χ0n) is 17.7. The number of hydrogen-bond donors (Lipinski definition) is 1. The van der Waals surface area contributed by atoms with Crippen molar-refractivity contribution in [1.29, 1.82) is 0 Å². The summed E-state index contributed by atoms with van der Waals surface area (Å²) in [6.07, 6.45) is 1.59. The summed E-state index contributed by atoms with van der Waals surface area (Å²) in [6, 6.07) is 20.3. The van der Waals surface area contributed by atoms with E-state index >= 15 is 0 Å². The van der Waals surface area contributed by atoms with Crippen LogP contribution in [0.3, 0.4) is 0 Å². The molecule has 0 bridgehead atoms. The van der Waals surface area contributed by atoms with Crippen LogP contribution in [0.25, 0.3) is 6.08 Å². The van der Waals surface area contributed by atoms with Gasteiger partial charge in [0.05, 0.1) is 4.91 Å². The number of rotatable bonds is 7. The average molecular weight is 588 g/mol. The summed E-state index contributed by atoms with van der Waals surface area (Å²) in [4.78, 5) is 38.6. The fourth-order valence-electron chi connectivity index (χ4n) is 3.11. The molecule has 3 aromatic rings. The van der Waals surface area contributed by atoms with Crippen LogP contribution in [-0.4, -0.2) is 28.5 Å². The Morgan fingerprint density at radius 1 is 1.06 bits per heavy atom. The molecule has 0 atom stereocenters. The van der Waals surface area contributed by atoms with E-state index < -0.39 is 17.1 Å². The third-order valence-corrected chi connectivity index (χ3v) is 6.40. The molecule has 4 rings (SSSR count). The smallest absolute Gasteiger partial charge is 0.294 e. The Morgan fingerprint density at radius 2 is 1.79 bits per heavy atom. The van der Waals surface area contributed by atoms with Gasteiger partial charge in [0, 0.05) is 9.26 Å². The summed E-state index contributed by atoms with van der Waals surface area (Å²) in [5.41, 5.74) is 2.08. The van der Waals surface area contributed by atoms with Gasteiger partial charge in [-0.25, -0.2) is 4.39 Å². The number of amides is 3. The van der Waals surface area contributed by atoms with E-state index in [1.54, 1.807) is 54.6 Å². The predicted molar refractivity (Wildman–Crippen MR) is 138 cm³/mol. The van der Waals surface area contributed by atoms with Gasteiger partial charge in [0.2, 0.25) is 5.91 Å². The van der Waals surface area contributed by atoms with E-state index in [0.29, 0.717) is 17.0 Å². The maximum Gasteiger partial charge on any atom is 0.294 e. The molecule has 0 radical (unpaired) electrons. The lowest BCUT2D eigenvalue weighted by Crippen LogP contribution is -2.36. The Bertz CT molecular complexity index is 1260. The highest BCUT2D eigenvalue weighted by Crippen LogP contribution is 2.32. The minimum absolute atomic E-state index is 0.225. The molecule has 1 fully saturated rings. The van der Waals surface area contributed by atoms with Crippen LogP contribution < -0.4 is 10.1 Å². The normalized spacial score (nSPS) is 14.5. The minimum Gasteiger partial charge on any atom is -0.489 e. The van der Waals surface area contributed by atoms with Gasteiger partial charge in [-0.2, -0.15) is 0 Å². The lowest BCUT2D eigenvalue weighted by Gasteiger charge is -2.12. The number of carbonyl (C=O) groups excluding carboxylic acids is 3. The number of benzene rings is 3.